The van der Waals surface area contributed by atoms with E-state index in [4.69, 9.17) is 27.6 Å². The quantitative estimate of drug-likeness (QED) is 0.916. The molecule has 2 aromatic rings. The Hall–Kier alpha value is -1.03. The van der Waals surface area contributed by atoms with Gasteiger partial charge in [0.25, 0.3) is 0 Å². The molecule has 0 saturated heterocycles. The minimum Gasteiger partial charge on any atom is -0.443 e. The van der Waals surface area contributed by atoms with Crippen molar-refractivity contribution in [2.75, 3.05) is 7.05 Å². The van der Waals surface area contributed by atoms with E-state index in [-0.39, 0.29) is 0 Å². The summed E-state index contributed by atoms with van der Waals surface area (Å²) in [4.78, 5) is 4.12. The zero-order valence-electron chi connectivity index (χ0n) is 8.63. The van der Waals surface area contributed by atoms with Gasteiger partial charge in [-0.3, -0.25) is 0 Å². The lowest BCUT2D eigenvalue weighted by Gasteiger charge is -2.03. The van der Waals surface area contributed by atoms with E-state index in [9.17, 15) is 0 Å². The van der Waals surface area contributed by atoms with Crippen molar-refractivity contribution in [3.63, 3.8) is 0 Å². The van der Waals surface area contributed by atoms with E-state index in [1.165, 1.54) is 6.39 Å². The summed E-state index contributed by atoms with van der Waals surface area (Å²) >= 11 is 12.0. The van der Waals surface area contributed by atoms with Crippen LogP contribution in [0.2, 0.25) is 10.0 Å². The molecule has 0 aliphatic heterocycles. The van der Waals surface area contributed by atoms with Crippen molar-refractivity contribution in [3.8, 4) is 11.3 Å². The van der Waals surface area contributed by atoms with E-state index < -0.39 is 0 Å². The third-order valence-electron chi connectivity index (χ3n) is 2.16. The number of hydrogen-bond donors (Lipinski definition) is 1. The summed E-state index contributed by atoms with van der Waals surface area (Å²) in [5, 5.41) is 4.23. The fourth-order valence-corrected chi connectivity index (χ4v) is 1.83. The lowest BCUT2D eigenvalue weighted by molar-refractivity contribution is 0.570. The number of nitrogens with one attached hydrogen (secondary N) is 1. The molecule has 0 unspecified atom stereocenters. The Balaban J connectivity index is 2.49. The fraction of sp³-hybridized carbons (Fsp3) is 0.182. The highest BCUT2D eigenvalue weighted by Gasteiger charge is 2.13. The fourth-order valence-electron chi connectivity index (χ4n) is 1.45. The second kappa shape index (κ2) is 4.87. The predicted octanol–water partition coefficient (Wildman–Crippen LogP) is 3.37. The standard InChI is InChI=1S/C11H10Cl2N2O/c1-14-5-10-11(16-6-15-10)8-4-7(12)2-3-9(8)13/h2-4,6,14H,5H2,1H3. The van der Waals surface area contributed by atoms with E-state index in [0.717, 1.165) is 11.3 Å². The first-order valence-corrected chi connectivity index (χ1v) is 5.50. The topological polar surface area (TPSA) is 38.1 Å². The normalized spacial score (nSPS) is 10.7. The number of rotatable bonds is 3. The Morgan fingerprint density at radius 1 is 1.38 bits per heavy atom. The van der Waals surface area contributed by atoms with E-state index in [2.05, 4.69) is 10.3 Å². The number of hydrogen-bond acceptors (Lipinski definition) is 3. The molecule has 0 saturated carbocycles. The summed E-state index contributed by atoms with van der Waals surface area (Å²) in [6.45, 7) is 0.620. The minimum atomic E-state index is 0.596. The first kappa shape index (κ1) is 11.5. The summed E-state index contributed by atoms with van der Waals surface area (Å²) < 4.78 is 5.34. The van der Waals surface area contributed by atoms with Crippen LogP contribution in [-0.4, -0.2) is 12.0 Å². The van der Waals surface area contributed by atoms with Crippen LogP contribution in [0.3, 0.4) is 0 Å². The molecule has 1 heterocycles. The van der Waals surface area contributed by atoms with Gasteiger partial charge in [-0.25, -0.2) is 4.98 Å². The molecule has 0 aliphatic rings. The highest BCUT2D eigenvalue weighted by molar-refractivity contribution is 6.35. The molecule has 1 N–H and O–H groups in total. The van der Waals surface area contributed by atoms with Gasteiger partial charge in [0.05, 0.1) is 5.02 Å². The summed E-state index contributed by atoms with van der Waals surface area (Å²) in [7, 11) is 1.85. The molecule has 5 heteroatoms. The smallest absolute Gasteiger partial charge is 0.181 e. The van der Waals surface area contributed by atoms with Gasteiger partial charge >= 0.3 is 0 Å². The molecule has 0 radical (unpaired) electrons. The Morgan fingerprint density at radius 2 is 2.19 bits per heavy atom. The van der Waals surface area contributed by atoms with E-state index in [1.54, 1.807) is 18.2 Å². The molecule has 0 spiro atoms. The monoisotopic (exact) mass is 256 g/mol. The Bertz CT molecular complexity index is 496. The third-order valence-corrected chi connectivity index (χ3v) is 2.72. The van der Waals surface area contributed by atoms with E-state index in [1.807, 2.05) is 7.05 Å². The molecule has 84 valence electrons. The molecule has 0 fully saturated rings. The van der Waals surface area contributed by atoms with Crippen LogP contribution in [0.1, 0.15) is 5.69 Å². The second-order valence-electron chi connectivity index (χ2n) is 3.28. The van der Waals surface area contributed by atoms with Crippen LogP contribution in [-0.2, 0) is 6.54 Å². The maximum absolute atomic E-state index is 6.09. The third kappa shape index (κ3) is 2.21. The summed E-state index contributed by atoms with van der Waals surface area (Å²) in [6.07, 6.45) is 1.40. The van der Waals surface area contributed by atoms with Crippen molar-refractivity contribution < 1.29 is 4.42 Å². The maximum atomic E-state index is 6.09. The molecule has 0 bridgehead atoms. The first-order chi connectivity index (χ1) is 7.72. The minimum absolute atomic E-state index is 0.596. The van der Waals surface area contributed by atoms with Crippen LogP contribution in [0, 0.1) is 0 Å². The molecule has 2 rings (SSSR count). The van der Waals surface area contributed by atoms with Gasteiger partial charge in [-0.05, 0) is 25.2 Å². The van der Waals surface area contributed by atoms with Crippen LogP contribution in [0.15, 0.2) is 29.0 Å². The van der Waals surface area contributed by atoms with Crippen LogP contribution in [0.4, 0.5) is 0 Å². The maximum Gasteiger partial charge on any atom is 0.181 e. The van der Waals surface area contributed by atoms with Crippen molar-refractivity contribution in [2.24, 2.45) is 0 Å². The van der Waals surface area contributed by atoms with E-state index >= 15 is 0 Å². The second-order valence-corrected chi connectivity index (χ2v) is 4.13. The van der Waals surface area contributed by atoms with Crippen molar-refractivity contribution in [2.45, 2.75) is 6.54 Å². The van der Waals surface area contributed by atoms with Crippen LogP contribution < -0.4 is 5.32 Å². The number of benzene rings is 1. The summed E-state index contributed by atoms with van der Waals surface area (Å²) in [6, 6.07) is 5.25. The van der Waals surface area contributed by atoms with Crippen molar-refractivity contribution in [3.05, 3.63) is 40.3 Å². The first-order valence-electron chi connectivity index (χ1n) is 4.74. The number of halogens is 2. The zero-order chi connectivity index (χ0) is 11.5. The van der Waals surface area contributed by atoms with Crippen molar-refractivity contribution >= 4 is 23.2 Å². The number of aromatic nitrogens is 1. The van der Waals surface area contributed by atoms with Gasteiger partial charge in [-0.1, -0.05) is 23.2 Å². The van der Waals surface area contributed by atoms with Gasteiger partial charge in [-0.15, -0.1) is 0 Å². The average molecular weight is 257 g/mol. The summed E-state index contributed by atoms with van der Waals surface area (Å²) in [5.74, 6) is 0.654. The Morgan fingerprint density at radius 3 is 2.94 bits per heavy atom. The van der Waals surface area contributed by atoms with Gasteiger partial charge in [0.1, 0.15) is 5.69 Å². The van der Waals surface area contributed by atoms with Gasteiger partial charge in [-0.2, -0.15) is 0 Å². The Kier molecular flexibility index (Phi) is 3.49. The van der Waals surface area contributed by atoms with Gasteiger partial charge in [0.2, 0.25) is 0 Å². The lowest BCUT2D eigenvalue weighted by Crippen LogP contribution is -2.06. The highest BCUT2D eigenvalue weighted by atomic mass is 35.5. The van der Waals surface area contributed by atoms with Crippen molar-refractivity contribution in [1.82, 2.24) is 10.3 Å². The molecular formula is C11H10Cl2N2O. The van der Waals surface area contributed by atoms with Crippen LogP contribution in [0.5, 0.6) is 0 Å². The predicted molar refractivity (Wildman–Crippen MR) is 64.7 cm³/mol. The molecular weight excluding hydrogens is 247 g/mol. The number of nitrogens with zero attached hydrogens (tertiary/aromatic N) is 1. The highest BCUT2D eigenvalue weighted by Crippen LogP contribution is 2.32. The zero-order valence-corrected chi connectivity index (χ0v) is 10.1. The molecule has 1 aromatic carbocycles. The Labute approximate surface area is 103 Å². The molecule has 16 heavy (non-hydrogen) atoms. The summed E-state index contributed by atoms with van der Waals surface area (Å²) in [5.41, 5.74) is 1.57. The lowest BCUT2D eigenvalue weighted by atomic mass is 10.1. The molecule has 3 nitrogen and oxygen atoms in total. The van der Waals surface area contributed by atoms with Crippen LogP contribution in [0.25, 0.3) is 11.3 Å². The number of oxazole rings is 1. The molecule has 0 aliphatic carbocycles. The molecule has 0 atom stereocenters. The molecule has 0 amide bonds. The van der Waals surface area contributed by atoms with E-state index in [0.29, 0.717) is 22.4 Å². The van der Waals surface area contributed by atoms with Crippen molar-refractivity contribution in [1.29, 1.82) is 0 Å². The SMILES string of the molecule is CNCc1ncoc1-c1cc(Cl)ccc1Cl. The molecule has 1 aromatic heterocycles. The van der Waals surface area contributed by atoms with Gasteiger partial charge in [0.15, 0.2) is 12.2 Å². The largest absolute Gasteiger partial charge is 0.443 e. The average Bonchev–Trinajstić information content (AvgIpc) is 2.70. The van der Waals surface area contributed by atoms with Crippen LogP contribution >= 0.6 is 23.2 Å². The van der Waals surface area contributed by atoms with Gasteiger partial charge < -0.3 is 9.73 Å². The van der Waals surface area contributed by atoms with Gasteiger partial charge in [0, 0.05) is 17.1 Å².